The highest BCUT2D eigenvalue weighted by Gasteiger charge is 2.51. The molecule has 0 N–H and O–H groups in total. The van der Waals surface area contributed by atoms with E-state index in [1.54, 1.807) is 0 Å². The van der Waals surface area contributed by atoms with Crippen molar-refractivity contribution in [2.75, 3.05) is 6.61 Å². The summed E-state index contributed by atoms with van der Waals surface area (Å²) >= 11 is 0. The van der Waals surface area contributed by atoms with Gasteiger partial charge in [0.05, 0.1) is 11.7 Å². The molecular weight excluding hydrogens is 290 g/mol. The molecule has 0 radical (unpaired) electrons. The molecule has 3 nitrogen and oxygen atoms in total. The maximum absolute atomic E-state index is 13.6. The molecule has 1 aromatic rings. The van der Waals surface area contributed by atoms with Crippen LogP contribution in [0.2, 0.25) is 0 Å². The topological polar surface area (TPSA) is 35.5 Å². The molecule has 0 bridgehead atoms. The predicted molar refractivity (Wildman–Crippen MR) is 78.5 cm³/mol. The number of hydrogen-bond acceptors (Lipinski definition) is 3. The second-order valence-corrected chi connectivity index (χ2v) is 6.79. The van der Waals surface area contributed by atoms with Crippen molar-refractivity contribution in [2.45, 2.75) is 46.3 Å². The van der Waals surface area contributed by atoms with E-state index >= 15 is 0 Å². The summed E-state index contributed by atoms with van der Waals surface area (Å²) in [5, 5.41) is 0. The lowest BCUT2D eigenvalue weighted by Crippen LogP contribution is -2.56. The zero-order valence-electron chi connectivity index (χ0n) is 13.4. The minimum atomic E-state index is -0.908. The molecule has 1 fully saturated rings. The van der Waals surface area contributed by atoms with Crippen LogP contribution in [0, 0.1) is 23.0 Å². The second kappa shape index (κ2) is 6.32. The summed E-state index contributed by atoms with van der Waals surface area (Å²) in [4.78, 5) is 12.0. The molecule has 0 amide bonds. The Labute approximate surface area is 129 Å². The monoisotopic (exact) mass is 312 g/mol. The van der Waals surface area contributed by atoms with E-state index < -0.39 is 17.6 Å². The van der Waals surface area contributed by atoms with Crippen LogP contribution in [0.4, 0.5) is 8.78 Å². The summed E-state index contributed by atoms with van der Waals surface area (Å²) in [5.41, 5.74) is -0.565. The first-order valence-electron chi connectivity index (χ1n) is 7.49. The molecule has 1 aliphatic rings. The molecule has 0 heterocycles. The van der Waals surface area contributed by atoms with E-state index in [9.17, 15) is 13.6 Å². The van der Waals surface area contributed by atoms with Crippen molar-refractivity contribution in [3.8, 4) is 0 Å². The zero-order chi connectivity index (χ0) is 16.5. The van der Waals surface area contributed by atoms with E-state index in [0.717, 1.165) is 12.1 Å². The van der Waals surface area contributed by atoms with Gasteiger partial charge in [0.25, 0.3) is 0 Å². The van der Waals surface area contributed by atoms with Gasteiger partial charge in [-0.1, -0.05) is 27.7 Å². The predicted octanol–water partition coefficient (Wildman–Crippen LogP) is 3.96. The van der Waals surface area contributed by atoms with Crippen LogP contribution in [0.3, 0.4) is 0 Å². The highest BCUT2D eigenvalue weighted by Crippen LogP contribution is 2.45. The molecule has 2 atom stereocenters. The van der Waals surface area contributed by atoms with Gasteiger partial charge in [0.15, 0.2) is 0 Å². The van der Waals surface area contributed by atoms with Gasteiger partial charge >= 0.3 is 5.97 Å². The van der Waals surface area contributed by atoms with Gasteiger partial charge in [-0.05, 0) is 18.1 Å². The summed E-state index contributed by atoms with van der Waals surface area (Å²) in [7, 11) is 0. The first-order chi connectivity index (χ1) is 10.2. The Bertz CT molecular complexity index is 555. The summed E-state index contributed by atoms with van der Waals surface area (Å²) in [5.74, 6) is -1.96. The zero-order valence-corrected chi connectivity index (χ0v) is 13.4. The van der Waals surface area contributed by atoms with Gasteiger partial charge < -0.3 is 9.47 Å². The van der Waals surface area contributed by atoms with Crippen molar-refractivity contribution in [1.82, 2.24) is 0 Å². The van der Waals surface area contributed by atoms with Crippen molar-refractivity contribution in [3.05, 3.63) is 35.4 Å². The Morgan fingerprint density at radius 3 is 2.55 bits per heavy atom. The maximum atomic E-state index is 13.6. The number of ether oxygens (including phenoxy) is 2. The molecule has 1 aliphatic carbocycles. The van der Waals surface area contributed by atoms with Crippen molar-refractivity contribution in [3.63, 3.8) is 0 Å². The lowest BCUT2D eigenvalue weighted by Gasteiger charge is -2.50. The smallest absolute Gasteiger partial charge is 0.341 e. The van der Waals surface area contributed by atoms with E-state index in [0.29, 0.717) is 25.0 Å². The van der Waals surface area contributed by atoms with Crippen molar-refractivity contribution in [2.24, 2.45) is 11.3 Å². The number of hydrogen-bond donors (Lipinski definition) is 0. The fraction of sp³-hybridized carbons (Fsp3) is 0.588. The minimum absolute atomic E-state index is 0.0192. The third-order valence-electron chi connectivity index (χ3n) is 4.12. The van der Waals surface area contributed by atoms with E-state index in [1.165, 1.54) is 0 Å². The SMILES string of the molecule is CC(C)CO[C@H]1C[C@@H](OC(=O)c2ccc(F)cc2F)C1(C)C. The van der Waals surface area contributed by atoms with Gasteiger partial charge in [0.2, 0.25) is 0 Å². The molecule has 122 valence electrons. The molecule has 0 aliphatic heterocycles. The highest BCUT2D eigenvalue weighted by molar-refractivity contribution is 5.89. The van der Waals surface area contributed by atoms with E-state index in [-0.39, 0.29) is 23.2 Å². The van der Waals surface area contributed by atoms with Gasteiger partial charge in [-0.3, -0.25) is 0 Å². The summed E-state index contributed by atoms with van der Waals surface area (Å²) in [6, 6.07) is 2.82. The van der Waals surface area contributed by atoms with Crippen LogP contribution in [0.1, 0.15) is 44.5 Å². The Morgan fingerprint density at radius 1 is 1.32 bits per heavy atom. The van der Waals surface area contributed by atoms with E-state index in [2.05, 4.69) is 13.8 Å². The number of carbonyl (C=O) groups is 1. The Morgan fingerprint density at radius 2 is 2.00 bits per heavy atom. The standard InChI is InChI=1S/C17H22F2O3/c1-10(2)9-21-14-8-15(17(14,3)4)22-16(20)12-6-5-11(18)7-13(12)19/h5-7,10,14-15H,8-9H2,1-4H3/t14-,15+/m0/s1. The number of esters is 1. The third-order valence-corrected chi connectivity index (χ3v) is 4.12. The Hall–Kier alpha value is -1.49. The first-order valence-corrected chi connectivity index (χ1v) is 7.49. The molecule has 1 saturated carbocycles. The largest absolute Gasteiger partial charge is 0.458 e. The summed E-state index contributed by atoms with van der Waals surface area (Å²) in [6.07, 6.45) is 0.279. The Balaban J connectivity index is 1.96. The number of halogens is 2. The molecule has 5 heteroatoms. The third kappa shape index (κ3) is 3.46. The molecule has 1 aromatic carbocycles. The second-order valence-electron chi connectivity index (χ2n) is 6.79. The molecule has 2 rings (SSSR count). The van der Waals surface area contributed by atoms with Crippen LogP contribution in [-0.4, -0.2) is 24.8 Å². The van der Waals surface area contributed by atoms with Crippen LogP contribution in [0.5, 0.6) is 0 Å². The molecular formula is C17H22F2O3. The normalized spacial score (nSPS) is 23.2. The van der Waals surface area contributed by atoms with Crippen molar-refractivity contribution < 1.29 is 23.0 Å². The molecule has 0 spiro atoms. The van der Waals surface area contributed by atoms with E-state index in [4.69, 9.17) is 9.47 Å². The number of benzene rings is 1. The lowest BCUT2D eigenvalue weighted by atomic mass is 9.66. The maximum Gasteiger partial charge on any atom is 0.341 e. The van der Waals surface area contributed by atoms with Gasteiger partial charge in [0.1, 0.15) is 17.7 Å². The van der Waals surface area contributed by atoms with Crippen molar-refractivity contribution >= 4 is 5.97 Å². The van der Waals surface area contributed by atoms with Crippen LogP contribution in [-0.2, 0) is 9.47 Å². The molecule has 0 unspecified atom stereocenters. The molecule has 0 saturated heterocycles. The molecule has 22 heavy (non-hydrogen) atoms. The molecule has 0 aromatic heterocycles. The fourth-order valence-corrected chi connectivity index (χ4v) is 2.49. The lowest BCUT2D eigenvalue weighted by molar-refractivity contribution is -0.180. The summed E-state index contributed by atoms with van der Waals surface area (Å²) < 4.78 is 37.6. The van der Waals surface area contributed by atoms with Gasteiger partial charge in [0, 0.05) is 24.5 Å². The van der Waals surface area contributed by atoms with Crippen LogP contribution in [0.25, 0.3) is 0 Å². The minimum Gasteiger partial charge on any atom is -0.458 e. The summed E-state index contributed by atoms with van der Waals surface area (Å²) in [6.45, 7) is 8.71. The number of rotatable bonds is 5. The highest BCUT2D eigenvalue weighted by atomic mass is 19.1. The first kappa shape index (κ1) is 16.9. The van der Waals surface area contributed by atoms with Crippen LogP contribution in [0.15, 0.2) is 18.2 Å². The quantitative estimate of drug-likeness (QED) is 0.772. The Kier molecular flexibility index (Phi) is 4.85. The fourth-order valence-electron chi connectivity index (χ4n) is 2.49. The average Bonchev–Trinajstić information content (AvgIpc) is 2.41. The number of carbonyl (C=O) groups excluding carboxylic acids is 1. The average molecular weight is 312 g/mol. The van der Waals surface area contributed by atoms with E-state index in [1.807, 2.05) is 13.8 Å². The van der Waals surface area contributed by atoms with Crippen LogP contribution >= 0.6 is 0 Å². The van der Waals surface area contributed by atoms with Gasteiger partial charge in [-0.15, -0.1) is 0 Å². The van der Waals surface area contributed by atoms with Gasteiger partial charge in [-0.2, -0.15) is 0 Å². The van der Waals surface area contributed by atoms with Gasteiger partial charge in [-0.25, -0.2) is 13.6 Å². The van der Waals surface area contributed by atoms with Crippen LogP contribution < -0.4 is 0 Å². The van der Waals surface area contributed by atoms with Crippen molar-refractivity contribution in [1.29, 1.82) is 0 Å².